The lowest BCUT2D eigenvalue weighted by Crippen LogP contribution is -1.85. The predicted octanol–water partition coefficient (Wildman–Crippen LogP) is 4.89. The molecular weight excluding hydrogens is 314 g/mol. The Morgan fingerprint density at radius 3 is 2.55 bits per heavy atom. The van der Waals surface area contributed by atoms with E-state index in [1.165, 1.54) is 0 Å². The van der Waals surface area contributed by atoms with Crippen molar-refractivity contribution in [2.75, 3.05) is 0 Å². The highest BCUT2D eigenvalue weighted by molar-refractivity contribution is 9.10. The molecule has 0 saturated heterocycles. The summed E-state index contributed by atoms with van der Waals surface area (Å²) in [7, 11) is 0. The summed E-state index contributed by atoms with van der Waals surface area (Å²) in [5.74, 6) is 0.764. The molecule has 0 unspecified atom stereocenters. The quantitative estimate of drug-likeness (QED) is 0.691. The maximum atomic E-state index is 9.02. The molecular formula is C16H14BrN3. The lowest BCUT2D eigenvalue weighted by molar-refractivity contribution is 1.32. The zero-order valence-electron chi connectivity index (χ0n) is 11.3. The molecule has 0 bridgehead atoms. The van der Waals surface area contributed by atoms with Crippen LogP contribution in [-0.4, -0.2) is 9.97 Å². The van der Waals surface area contributed by atoms with Gasteiger partial charge in [-0.15, -0.1) is 0 Å². The van der Waals surface area contributed by atoms with Crippen LogP contribution in [0.5, 0.6) is 0 Å². The van der Waals surface area contributed by atoms with Crippen molar-refractivity contribution in [3.63, 3.8) is 0 Å². The highest BCUT2D eigenvalue weighted by atomic mass is 79.9. The van der Waals surface area contributed by atoms with Crippen molar-refractivity contribution in [1.82, 2.24) is 9.97 Å². The first kappa shape index (κ1) is 14.3. The van der Waals surface area contributed by atoms with E-state index in [0.29, 0.717) is 5.56 Å². The van der Waals surface area contributed by atoms with Crippen LogP contribution in [0.3, 0.4) is 0 Å². The molecule has 0 radical (unpaired) electrons. The van der Waals surface area contributed by atoms with Crippen molar-refractivity contribution in [1.29, 1.82) is 5.26 Å². The summed E-state index contributed by atoms with van der Waals surface area (Å²) >= 11 is 3.45. The summed E-state index contributed by atoms with van der Waals surface area (Å²) in [5, 5.41) is 9.02. The average Bonchev–Trinajstić information content (AvgIpc) is 2.93. The number of nitrogens with zero attached hydrogens (tertiary/aromatic N) is 2. The van der Waals surface area contributed by atoms with E-state index in [4.69, 9.17) is 5.26 Å². The van der Waals surface area contributed by atoms with Crippen LogP contribution >= 0.6 is 15.9 Å². The molecule has 0 aliphatic carbocycles. The summed E-state index contributed by atoms with van der Waals surface area (Å²) in [6.45, 7) is 4.00. The summed E-state index contributed by atoms with van der Waals surface area (Å²) in [6, 6.07) is 15.6. The van der Waals surface area contributed by atoms with E-state index in [1.807, 2.05) is 50.2 Å². The van der Waals surface area contributed by atoms with Crippen LogP contribution in [0.2, 0.25) is 0 Å². The molecule has 1 N–H and O–H groups in total. The van der Waals surface area contributed by atoms with E-state index in [2.05, 4.69) is 32.0 Å². The van der Waals surface area contributed by atoms with Gasteiger partial charge < -0.3 is 4.98 Å². The van der Waals surface area contributed by atoms with E-state index < -0.39 is 0 Å². The Balaban J connectivity index is 0.000000704. The molecule has 0 amide bonds. The van der Waals surface area contributed by atoms with Crippen molar-refractivity contribution in [2.45, 2.75) is 13.8 Å². The highest BCUT2D eigenvalue weighted by Gasteiger charge is 2.10. The van der Waals surface area contributed by atoms with Crippen LogP contribution in [0.1, 0.15) is 19.4 Å². The standard InChI is InChI=1S/C14H8BrN3.C2H6/c15-13-9(8-16)4-3-5-10(13)14-17-11-6-1-2-7-12(11)18-14;1-2/h1-7H,(H,17,18);1-2H3. The van der Waals surface area contributed by atoms with E-state index in [1.54, 1.807) is 6.07 Å². The zero-order valence-corrected chi connectivity index (χ0v) is 12.9. The summed E-state index contributed by atoms with van der Waals surface area (Å²) in [6.07, 6.45) is 0. The van der Waals surface area contributed by atoms with Crippen molar-refractivity contribution >= 4 is 27.0 Å². The number of halogens is 1. The number of benzene rings is 2. The fourth-order valence-electron chi connectivity index (χ4n) is 1.88. The molecule has 3 aromatic rings. The normalized spacial score (nSPS) is 9.70. The van der Waals surface area contributed by atoms with Crippen molar-refractivity contribution < 1.29 is 0 Å². The van der Waals surface area contributed by atoms with Gasteiger partial charge in [0.25, 0.3) is 0 Å². The second-order valence-corrected chi connectivity index (χ2v) is 4.67. The zero-order chi connectivity index (χ0) is 14.5. The maximum Gasteiger partial charge on any atom is 0.139 e. The molecule has 0 spiro atoms. The SMILES string of the molecule is CC.N#Cc1cccc(-c2nc3ccccc3[nH]2)c1Br. The first-order valence-electron chi connectivity index (χ1n) is 6.43. The number of aromatic nitrogens is 2. The molecule has 3 nitrogen and oxygen atoms in total. The summed E-state index contributed by atoms with van der Waals surface area (Å²) in [5.41, 5.74) is 3.40. The number of nitrogens with one attached hydrogen (secondary N) is 1. The highest BCUT2D eigenvalue weighted by Crippen LogP contribution is 2.30. The molecule has 0 aliphatic heterocycles. The van der Waals surface area contributed by atoms with Gasteiger partial charge in [0, 0.05) is 10.0 Å². The Bertz CT molecular complexity index is 736. The molecule has 0 aliphatic rings. The number of rotatable bonds is 1. The van der Waals surface area contributed by atoms with Gasteiger partial charge >= 0.3 is 0 Å². The number of para-hydroxylation sites is 2. The summed E-state index contributed by atoms with van der Waals surface area (Å²) < 4.78 is 0.770. The largest absolute Gasteiger partial charge is 0.338 e. The minimum absolute atomic E-state index is 0.605. The number of imidazole rings is 1. The third-order valence-corrected chi connectivity index (χ3v) is 3.62. The fourth-order valence-corrected chi connectivity index (χ4v) is 2.42. The van der Waals surface area contributed by atoms with Crippen LogP contribution in [0.4, 0.5) is 0 Å². The molecule has 4 heteroatoms. The van der Waals surface area contributed by atoms with Gasteiger partial charge in [0.1, 0.15) is 11.9 Å². The monoisotopic (exact) mass is 327 g/mol. The van der Waals surface area contributed by atoms with E-state index in [9.17, 15) is 0 Å². The van der Waals surface area contributed by atoms with Crippen LogP contribution in [0.15, 0.2) is 46.9 Å². The minimum atomic E-state index is 0.605. The molecule has 1 aromatic heterocycles. The van der Waals surface area contributed by atoms with E-state index in [0.717, 1.165) is 26.9 Å². The number of nitriles is 1. The van der Waals surface area contributed by atoms with Gasteiger partial charge in [-0.25, -0.2) is 4.98 Å². The van der Waals surface area contributed by atoms with Gasteiger partial charge in [-0.05, 0) is 34.1 Å². The number of aromatic amines is 1. The molecule has 1 heterocycles. The first-order chi connectivity index (χ1) is 9.79. The van der Waals surface area contributed by atoms with Gasteiger partial charge in [-0.2, -0.15) is 5.26 Å². The Hall–Kier alpha value is -2.12. The molecule has 2 aromatic carbocycles. The molecule has 0 fully saturated rings. The van der Waals surface area contributed by atoms with Crippen LogP contribution < -0.4 is 0 Å². The Morgan fingerprint density at radius 2 is 1.85 bits per heavy atom. The predicted molar refractivity (Wildman–Crippen MR) is 85.3 cm³/mol. The topological polar surface area (TPSA) is 52.5 Å². The minimum Gasteiger partial charge on any atom is -0.338 e. The smallest absolute Gasteiger partial charge is 0.139 e. The lowest BCUT2D eigenvalue weighted by Gasteiger charge is -2.01. The lowest BCUT2D eigenvalue weighted by atomic mass is 10.1. The van der Waals surface area contributed by atoms with Gasteiger partial charge in [-0.3, -0.25) is 0 Å². The van der Waals surface area contributed by atoms with Gasteiger partial charge in [0.05, 0.1) is 16.6 Å². The molecule has 0 atom stereocenters. The molecule has 3 rings (SSSR count). The fraction of sp³-hybridized carbons (Fsp3) is 0.125. The van der Waals surface area contributed by atoms with Crippen molar-refractivity contribution in [3.05, 3.63) is 52.5 Å². The summed E-state index contributed by atoms with van der Waals surface area (Å²) in [4.78, 5) is 7.78. The number of hydrogen-bond donors (Lipinski definition) is 1. The third-order valence-electron chi connectivity index (χ3n) is 2.76. The number of hydrogen-bond acceptors (Lipinski definition) is 2. The van der Waals surface area contributed by atoms with Crippen molar-refractivity contribution in [3.8, 4) is 17.5 Å². The Kier molecular flexibility index (Phi) is 4.54. The van der Waals surface area contributed by atoms with Crippen LogP contribution in [-0.2, 0) is 0 Å². The van der Waals surface area contributed by atoms with Crippen LogP contribution in [0.25, 0.3) is 22.4 Å². The number of H-pyrrole nitrogens is 1. The Labute approximate surface area is 126 Å². The second kappa shape index (κ2) is 6.36. The Morgan fingerprint density at radius 1 is 1.10 bits per heavy atom. The third kappa shape index (κ3) is 2.59. The van der Waals surface area contributed by atoms with E-state index in [-0.39, 0.29) is 0 Å². The first-order valence-corrected chi connectivity index (χ1v) is 7.22. The molecule has 100 valence electrons. The number of fused-ring (bicyclic) bond motifs is 1. The van der Waals surface area contributed by atoms with Gasteiger partial charge in [0.15, 0.2) is 0 Å². The van der Waals surface area contributed by atoms with E-state index >= 15 is 0 Å². The molecule has 20 heavy (non-hydrogen) atoms. The van der Waals surface area contributed by atoms with Crippen LogP contribution in [0, 0.1) is 11.3 Å². The second-order valence-electron chi connectivity index (χ2n) is 3.88. The van der Waals surface area contributed by atoms with Crippen molar-refractivity contribution in [2.24, 2.45) is 0 Å². The average molecular weight is 328 g/mol. The van der Waals surface area contributed by atoms with Gasteiger partial charge in [-0.1, -0.05) is 38.1 Å². The molecule has 0 saturated carbocycles. The maximum absolute atomic E-state index is 9.02. The van der Waals surface area contributed by atoms with Gasteiger partial charge in [0.2, 0.25) is 0 Å².